The summed E-state index contributed by atoms with van der Waals surface area (Å²) in [5, 5.41) is -0.225. The third kappa shape index (κ3) is 11.8. The van der Waals surface area contributed by atoms with Gasteiger partial charge in [0.15, 0.2) is 18.2 Å². The normalized spacial score (nSPS) is 25.5. The van der Waals surface area contributed by atoms with Gasteiger partial charge < -0.3 is 41.7 Å². The molecule has 2 aromatic heterocycles. The van der Waals surface area contributed by atoms with E-state index >= 15 is 0 Å². The monoisotopic (exact) mass is 1080 g/mol. The van der Waals surface area contributed by atoms with Gasteiger partial charge in [-0.25, -0.2) is 18.0 Å². The van der Waals surface area contributed by atoms with Gasteiger partial charge in [0.05, 0.1) is 57.8 Å². The zero-order chi connectivity index (χ0) is 52.7. The smallest absolute Gasteiger partial charge is 0.330 e. The van der Waals surface area contributed by atoms with Gasteiger partial charge in [0, 0.05) is 36.4 Å². The number of aryl methyl sites for hydroxylation is 2. The van der Waals surface area contributed by atoms with E-state index in [9.17, 15) is 27.6 Å². The highest BCUT2D eigenvalue weighted by atomic mass is 32.5. The largest absolute Gasteiger partial charge is 0.497 e. The summed E-state index contributed by atoms with van der Waals surface area (Å²) in [7, 11) is -3.22. The van der Waals surface area contributed by atoms with Crippen LogP contribution in [0, 0.1) is 13.8 Å². The minimum atomic E-state index is -4.06. The van der Waals surface area contributed by atoms with E-state index in [0.717, 1.165) is 0 Å². The van der Waals surface area contributed by atoms with Gasteiger partial charge in [-0.2, -0.15) is 0 Å². The summed E-state index contributed by atoms with van der Waals surface area (Å²) in [5.41, 5.74) is -0.773. The van der Waals surface area contributed by atoms with Gasteiger partial charge in [-0.1, -0.05) is 69.3 Å². The topological polar surface area (TPSA) is 227 Å². The molecule has 5 aromatic rings. The molecule has 0 radical (unpaired) electrons. The lowest BCUT2D eigenvalue weighted by Crippen LogP contribution is -2.46. The SMILES string of the molecule is COc1ccc(C2(c3ccc(OC)cc3)OC[C@H]3O[C@@H](n4cc(C)c(=O)[nH]c4=O)C[C@@H]3O[P@@](=S)(OC[C@H]3O[C@@H](n4cc(C)c(=O)[nH]c4=O)C[C@@H]3O[Si](C)(C)C(C)(C)C)OCCS(=O)(=O)Cc3ccc2cc3)cc1. The minimum Gasteiger partial charge on any atom is -0.497 e. The number of hydrogen-bond donors (Lipinski definition) is 2. The molecule has 0 aliphatic carbocycles. The number of rotatable bonds is 11. The van der Waals surface area contributed by atoms with Crippen LogP contribution in [0.5, 0.6) is 11.5 Å². The second-order valence-electron chi connectivity index (χ2n) is 20.1. The number of sulfone groups is 1. The third-order valence-electron chi connectivity index (χ3n) is 14.0. The molecule has 2 N–H and O–H groups in total. The predicted octanol–water partition coefficient (Wildman–Crippen LogP) is 6.27. The van der Waals surface area contributed by atoms with E-state index in [-0.39, 0.29) is 42.4 Å². The lowest BCUT2D eigenvalue weighted by atomic mass is 9.79. The summed E-state index contributed by atoms with van der Waals surface area (Å²) in [6.07, 6.45) is -2.41. The van der Waals surface area contributed by atoms with E-state index in [1.165, 1.54) is 21.5 Å². The molecule has 4 aliphatic rings. The van der Waals surface area contributed by atoms with E-state index < -0.39 is 102 Å². The van der Waals surface area contributed by atoms with E-state index in [4.69, 9.17) is 53.5 Å². The molecule has 73 heavy (non-hydrogen) atoms. The lowest BCUT2D eigenvalue weighted by Gasteiger charge is -2.39. The van der Waals surface area contributed by atoms with Crippen molar-refractivity contribution in [2.75, 3.05) is 39.8 Å². The highest BCUT2D eigenvalue weighted by Crippen LogP contribution is 2.55. The number of nitrogens with one attached hydrogen (secondary N) is 2. The predicted molar refractivity (Wildman–Crippen MR) is 278 cm³/mol. The number of aromatic amines is 2. The average molecular weight is 1080 g/mol. The Labute approximate surface area is 429 Å². The number of H-pyrrole nitrogens is 2. The van der Waals surface area contributed by atoms with Crippen LogP contribution in [0.1, 0.15) is 79.4 Å². The van der Waals surface area contributed by atoms with Gasteiger partial charge in [-0.3, -0.25) is 28.7 Å². The molecule has 0 saturated carbocycles. The van der Waals surface area contributed by atoms with Crippen molar-refractivity contribution in [2.45, 2.75) is 114 Å². The van der Waals surface area contributed by atoms with Crippen molar-refractivity contribution in [3.8, 4) is 11.5 Å². The molecule has 7 atom stereocenters. The van der Waals surface area contributed by atoms with Crippen molar-refractivity contribution in [2.24, 2.45) is 0 Å². The first-order chi connectivity index (χ1) is 34.4. The van der Waals surface area contributed by atoms with Gasteiger partial charge in [0.2, 0.25) is 0 Å². The molecule has 9 rings (SSSR count). The van der Waals surface area contributed by atoms with Crippen LogP contribution < -0.4 is 32.0 Å². The highest BCUT2D eigenvalue weighted by Gasteiger charge is 2.48. The standard InChI is InChI=1S/C50H63N4O15PS2Si/c1-31-26-53(47(57)51-45(31)55)43-24-39-41(66-43)28-63-50(35-14-18-37(61-6)19-15-35,36-16-20-38(62-7)21-17-36)34-12-10-33(11-13-34)30-72(59,60)23-22-64-70(71,68-39)65-29-42-40(69-73(8,9)49(3,4)5)25-44(67-42)54-27-32(2)46(56)52-48(54)58/h10-21,26-27,39-44H,22-25,28-30H2,1-9H3,(H,51,55,57)(H,52,56,58)/t39-,40-,41+,42+,43+,44+,70-/m0/s1. The van der Waals surface area contributed by atoms with Gasteiger partial charge in [0.1, 0.15) is 41.8 Å². The number of ether oxygens (including phenoxy) is 5. The van der Waals surface area contributed by atoms with Crippen molar-refractivity contribution >= 4 is 36.7 Å². The molecule has 2 fully saturated rings. The minimum absolute atomic E-state index is 0.0246. The summed E-state index contributed by atoms with van der Waals surface area (Å²) in [4.78, 5) is 56.3. The van der Waals surface area contributed by atoms with E-state index in [2.05, 4.69) is 43.8 Å². The Kier molecular flexibility index (Phi) is 16.0. The number of nitrogens with zero attached hydrogens (tertiary/aromatic N) is 2. The Morgan fingerprint density at radius 3 is 1.78 bits per heavy atom. The summed E-state index contributed by atoms with van der Waals surface area (Å²) in [6, 6.07) is 21.9. The lowest BCUT2D eigenvalue weighted by molar-refractivity contribution is -0.0941. The fourth-order valence-corrected chi connectivity index (χ4v) is 13.7. The van der Waals surface area contributed by atoms with Crippen LogP contribution in [0.25, 0.3) is 0 Å². The van der Waals surface area contributed by atoms with E-state index in [1.54, 1.807) is 40.2 Å². The van der Waals surface area contributed by atoms with Crippen molar-refractivity contribution in [1.29, 1.82) is 0 Å². The van der Waals surface area contributed by atoms with Gasteiger partial charge in [0.25, 0.3) is 11.1 Å². The van der Waals surface area contributed by atoms with Crippen LogP contribution in [-0.4, -0.2) is 100 Å². The Morgan fingerprint density at radius 1 is 0.767 bits per heavy atom. The second-order valence-corrected chi connectivity index (χ2v) is 30.0. The third-order valence-corrected chi connectivity index (χ3v) is 22.5. The maximum Gasteiger partial charge on any atom is 0.330 e. The first-order valence-electron chi connectivity index (χ1n) is 23.9. The molecule has 2 saturated heterocycles. The van der Waals surface area contributed by atoms with Crippen molar-refractivity contribution in [3.63, 3.8) is 0 Å². The molecule has 0 amide bonds. The molecule has 3 aromatic carbocycles. The Morgan fingerprint density at radius 2 is 1.27 bits per heavy atom. The fourth-order valence-electron chi connectivity index (χ4n) is 8.91. The molecular weight excluding hydrogens is 1020 g/mol. The molecule has 23 heteroatoms. The van der Waals surface area contributed by atoms with Crippen molar-refractivity contribution in [1.82, 2.24) is 19.1 Å². The zero-order valence-electron chi connectivity index (χ0n) is 42.3. The Balaban J connectivity index is 1.21. The van der Waals surface area contributed by atoms with Crippen molar-refractivity contribution in [3.05, 3.63) is 160 Å². The molecule has 2 bridgehead atoms. The van der Waals surface area contributed by atoms with Crippen LogP contribution in [0.4, 0.5) is 0 Å². The van der Waals surface area contributed by atoms with Crippen LogP contribution in [0.2, 0.25) is 18.1 Å². The fraction of sp³-hybridized carbons (Fsp3) is 0.480. The molecule has 394 valence electrons. The van der Waals surface area contributed by atoms with Crippen LogP contribution >= 0.6 is 6.72 Å². The number of fused-ring (bicyclic) bond motifs is 10. The quantitative estimate of drug-likeness (QED) is 0.110. The maximum absolute atomic E-state index is 13.9. The average Bonchev–Trinajstić information content (AvgIpc) is 3.93. The maximum atomic E-state index is 13.9. The molecule has 0 spiro atoms. The highest BCUT2D eigenvalue weighted by molar-refractivity contribution is 8.07. The van der Waals surface area contributed by atoms with Crippen molar-refractivity contribution < 1.29 is 50.1 Å². The number of hydrogen-bond acceptors (Lipinski definition) is 16. The molecule has 19 nitrogen and oxygen atoms in total. The molecule has 4 aliphatic heterocycles. The summed E-state index contributed by atoms with van der Waals surface area (Å²) >= 11 is 6.23. The number of benzene rings is 3. The van der Waals surface area contributed by atoms with Gasteiger partial charge in [-0.05, 0) is 90.3 Å². The molecular formula is C50H63N4O15PS2Si. The summed E-state index contributed by atoms with van der Waals surface area (Å²) < 4.78 is 88.7. The number of methoxy groups -OCH3 is 2. The zero-order valence-corrected chi connectivity index (χ0v) is 45.8. The first kappa shape index (κ1) is 54.4. The van der Waals surface area contributed by atoms with E-state index in [1.807, 2.05) is 60.7 Å². The second kappa shape index (κ2) is 21.4. The Bertz CT molecular complexity index is 3140. The summed E-state index contributed by atoms with van der Waals surface area (Å²) in [5.74, 6) is 0.433. The van der Waals surface area contributed by atoms with E-state index in [0.29, 0.717) is 39.3 Å². The van der Waals surface area contributed by atoms with Crippen LogP contribution in [0.3, 0.4) is 0 Å². The molecule has 6 heterocycles. The van der Waals surface area contributed by atoms with Gasteiger partial charge >= 0.3 is 18.1 Å². The first-order valence-corrected chi connectivity index (χ1v) is 31.1. The Hall–Kier alpha value is -4.84. The number of aromatic nitrogens is 4. The summed E-state index contributed by atoms with van der Waals surface area (Å²) in [6.45, 7) is 8.68. The van der Waals surface area contributed by atoms with Crippen LogP contribution in [-0.2, 0) is 65.2 Å². The van der Waals surface area contributed by atoms with Gasteiger partial charge in [-0.15, -0.1) is 0 Å². The van der Waals surface area contributed by atoms with Crippen LogP contribution in [0.15, 0.2) is 104 Å². The molecule has 0 unspecified atom stereocenters.